The van der Waals surface area contributed by atoms with E-state index in [1.807, 2.05) is 36.4 Å². The molecule has 6 heteroatoms. The van der Waals surface area contributed by atoms with E-state index in [9.17, 15) is 9.59 Å². The van der Waals surface area contributed by atoms with Gasteiger partial charge in [0.15, 0.2) is 0 Å². The van der Waals surface area contributed by atoms with Crippen LogP contribution in [0.25, 0.3) is 0 Å². The monoisotopic (exact) mass is 421 g/mol. The van der Waals surface area contributed by atoms with Crippen LogP contribution in [0.5, 0.6) is 5.75 Å². The van der Waals surface area contributed by atoms with E-state index in [1.54, 1.807) is 12.0 Å². The number of anilines is 1. The van der Waals surface area contributed by atoms with Gasteiger partial charge in [0.2, 0.25) is 5.91 Å². The lowest BCUT2D eigenvalue weighted by atomic mass is 10.0. The van der Waals surface area contributed by atoms with Gasteiger partial charge in [0.1, 0.15) is 5.75 Å². The van der Waals surface area contributed by atoms with E-state index in [-0.39, 0.29) is 17.9 Å². The van der Waals surface area contributed by atoms with Crippen LogP contribution >= 0.6 is 0 Å². The fourth-order valence-corrected chi connectivity index (χ4v) is 4.54. The molecule has 2 fully saturated rings. The first-order valence-corrected chi connectivity index (χ1v) is 11.2. The molecule has 0 radical (unpaired) electrons. The Balaban J connectivity index is 1.47. The van der Waals surface area contributed by atoms with Crippen molar-refractivity contribution in [2.45, 2.75) is 38.1 Å². The molecule has 2 amide bonds. The van der Waals surface area contributed by atoms with E-state index in [0.29, 0.717) is 18.5 Å². The van der Waals surface area contributed by atoms with Crippen molar-refractivity contribution in [3.8, 4) is 5.75 Å². The number of carbonyl (C=O) groups is 2. The molecular formula is C25H31N3O3. The predicted octanol–water partition coefficient (Wildman–Crippen LogP) is 3.78. The summed E-state index contributed by atoms with van der Waals surface area (Å²) in [5.74, 6) is 0.852. The molecule has 2 aromatic carbocycles. The lowest BCUT2D eigenvalue weighted by molar-refractivity contribution is -0.117. The van der Waals surface area contributed by atoms with Gasteiger partial charge in [0.05, 0.1) is 13.2 Å². The Kier molecular flexibility index (Phi) is 6.87. The van der Waals surface area contributed by atoms with Gasteiger partial charge in [-0.1, -0.05) is 24.6 Å². The van der Waals surface area contributed by atoms with Gasteiger partial charge in [-0.25, -0.2) is 0 Å². The molecule has 2 aromatic rings. The largest absolute Gasteiger partial charge is 0.497 e. The van der Waals surface area contributed by atoms with Crippen molar-refractivity contribution >= 4 is 17.5 Å². The Morgan fingerprint density at radius 3 is 2.48 bits per heavy atom. The van der Waals surface area contributed by atoms with Gasteiger partial charge in [0, 0.05) is 30.8 Å². The van der Waals surface area contributed by atoms with E-state index >= 15 is 0 Å². The topological polar surface area (TPSA) is 61.9 Å². The second-order valence-electron chi connectivity index (χ2n) is 8.29. The molecule has 2 aliphatic heterocycles. The second kappa shape index (κ2) is 9.96. The number of ether oxygens (including phenoxy) is 1. The van der Waals surface area contributed by atoms with Crippen LogP contribution in [0.4, 0.5) is 5.69 Å². The highest BCUT2D eigenvalue weighted by Crippen LogP contribution is 2.26. The number of hydrogen-bond acceptors (Lipinski definition) is 4. The maximum atomic E-state index is 13.0. The van der Waals surface area contributed by atoms with Crippen molar-refractivity contribution in [3.63, 3.8) is 0 Å². The summed E-state index contributed by atoms with van der Waals surface area (Å²) in [6.45, 7) is 3.34. The molecule has 0 spiro atoms. The summed E-state index contributed by atoms with van der Waals surface area (Å²) in [5, 5.41) is 3.14. The number of likely N-dealkylation sites (tertiary alicyclic amines) is 1. The lowest BCUT2D eigenvalue weighted by Gasteiger charge is -2.35. The first kappa shape index (κ1) is 21.4. The summed E-state index contributed by atoms with van der Waals surface area (Å²) in [4.78, 5) is 29.3. The van der Waals surface area contributed by atoms with Gasteiger partial charge in [-0.05, 0) is 68.2 Å². The Morgan fingerprint density at radius 2 is 1.81 bits per heavy atom. The molecular weight excluding hydrogens is 390 g/mol. The average molecular weight is 422 g/mol. The molecule has 0 unspecified atom stereocenters. The maximum Gasteiger partial charge on any atom is 0.251 e. The van der Waals surface area contributed by atoms with Crippen LogP contribution < -0.4 is 15.0 Å². The van der Waals surface area contributed by atoms with Crippen LogP contribution in [0, 0.1) is 0 Å². The molecule has 1 N–H and O–H groups in total. The number of carbonyl (C=O) groups excluding carboxylic acids is 2. The number of nitrogens with zero attached hydrogens (tertiary/aromatic N) is 2. The van der Waals surface area contributed by atoms with Crippen molar-refractivity contribution in [2.75, 3.05) is 38.2 Å². The average Bonchev–Trinajstić information content (AvgIpc) is 3.26. The molecule has 2 aliphatic rings. The number of benzene rings is 2. The third-order valence-electron chi connectivity index (χ3n) is 6.28. The first-order valence-electron chi connectivity index (χ1n) is 11.2. The van der Waals surface area contributed by atoms with Gasteiger partial charge in [-0.3, -0.25) is 14.5 Å². The van der Waals surface area contributed by atoms with E-state index in [1.165, 1.54) is 24.8 Å². The molecule has 0 saturated carbocycles. The van der Waals surface area contributed by atoms with Crippen LogP contribution in [0.1, 0.15) is 54.1 Å². The molecule has 0 bridgehead atoms. The zero-order valence-electron chi connectivity index (χ0n) is 18.2. The number of piperidine rings is 1. The molecule has 2 saturated heterocycles. The van der Waals surface area contributed by atoms with Crippen molar-refractivity contribution in [3.05, 3.63) is 59.7 Å². The van der Waals surface area contributed by atoms with Crippen molar-refractivity contribution in [2.24, 2.45) is 0 Å². The number of hydrogen-bond donors (Lipinski definition) is 1. The fraction of sp³-hybridized carbons (Fsp3) is 0.440. The molecule has 6 nitrogen and oxygen atoms in total. The Morgan fingerprint density at radius 1 is 1.03 bits per heavy atom. The predicted molar refractivity (Wildman–Crippen MR) is 122 cm³/mol. The lowest BCUT2D eigenvalue weighted by Crippen LogP contribution is -2.40. The number of amides is 2. The molecule has 1 atom stereocenters. The molecule has 0 aliphatic carbocycles. The number of methoxy groups -OCH3 is 1. The minimum atomic E-state index is -0.107. The van der Waals surface area contributed by atoms with Crippen molar-refractivity contribution < 1.29 is 14.3 Å². The molecule has 31 heavy (non-hydrogen) atoms. The normalized spacial score (nSPS) is 18.1. The molecule has 0 aromatic heterocycles. The standard InChI is InChI=1S/C25H31N3O3/c1-31-22-12-10-19(11-13-22)23(27-14-3-2-4-15-27)18-26-25(30)20-7-5-8-21(17-20)28-16-6-9-24(28)29/h5,7-8,10-13,17,23H,2-4,6,9,14-16,18H2,1H3,(H,26,30)/t23-/m1/s1. The van der Waals surface area contributed by atoms with Crippen LogP contribution in [0.2, 0.25) is 0 Å². The van der Waals surface area contributed by atoms with Gasteiger partial charge in [-0.2, -0.15) is 0 Å². The molecule has 164 valence electrons. The highest BCUT2D eigenvalue weighted by molar-refractivity contribution is 5.99. The third kappa shape index (κ3) is 5.07. The highest BCUT2D eigenvalue weighted by Gasteiger charge is 2.24. The van der Waals surface area contributed by atoms with E-state index in [0.717, 1.165) is 37.5 Å². The summed E-state index contributed by atoms with van der Waals surface area (Å²) in [5.41, 5.74) is 2.57. The van der Waals surface area contributed by atoms with Crippen LogP contribution in [-0.2, 0) is 4.79 Å². The number of rotatable bonds is 7. The number of nitrogens with one attached hydrogen (secondary N) is 1. The van der Waals surface area contributed by atoms with Gasteiger partial charge in [0.25, 0.3) is 5.91 Å². The van der Waals surface area contributed by atoms with Crippen LogP contribution in [-0.4, -0.2) is 50.0 Å². The molecule has 4 rings (SSSR count). The maximum absolute atomic E-state index is 13.0. The SMILES string of the molecule is COc1ccc([C@@H](CNC(=O)c2cccc(N3CCCC3=O)c2)N2CCCCC2)cc1. The third-order valence-corrected chi connectivity index (χ3v) is 6.28. The Labute approximate surface area is 184 Å². The van der Waals surface area contributed by atoms with Crippen molar-refractivity contribution in [1.29, 1.82) is 0 Å². The van der Waals surface area contributed by atoms with E-state index in [2.05, 4.69) is 22.3 Å². The smallest absolute Gasteiger partial charge is 0.251 e. The van der Waals surface area contributed by atoms with Crippen molar-refractivity contribution in [1.82, 2.24) is 10.2 Å². The summed E-state index contributed by atoms with van der Waals surface area (Å²) < 4.78 is 5.30. The Hall–Kier alpha value is -2.86. The minimum Gasteiger partial charge on any atom is -0.497 e. The summed E-state index contributed by atoms with van der Waals surface area (Å²) in [6.07, 6.45) is 5.09. The van der Waals surface area contributed by atoms with Gasteiger partial charge < -0.3 is 15.0 Å². The zero-order chi connectivity index (χ0) is 21.6. The quantitative estimate of drug-likeness (QED) is 0.739. The van der Waals surface area contributed by atoms with Crippen LogP contribution in [0.3, 0.4) is 0 Å². The molecule has 2 heterocycles. The highest BCUT2D eigenvalue weighted by atomic mass is 16.5. The summed E-state index contributed by atoms with van der Waals surface area (Å²) in [6, 6.07) is 15.6. The minimum absolute atomic E-state index is 0.107. The van der Waals surface area contributed by atoms with Crippen LogP contribution in [0.15, 0.2) is 48.5 Å². The van der Waals surface area contributed by atoms with Gasteiger partial charge in [-0.15, -0.1) is 0 Å². The first-order chi connectivity index (χ1) is 15.2. The summed E-state index contributed by atoms with van der Waals surface area (Å²) in [7, 11) is 1.67. The summed E-state index contributed by atoms with van der Waals surface area (Å²) >= 11 is 0. The fourth-order valence-electron chi connectivity index (χ4n) is 4.54. The zero-order valence-corrected chi connectivity index (χ0v) is 18.2. The van der Waals surface area contributed by atoms with Gasteiger partial charge >= 0.3 is 0 Å². The van der Waals surface area contributed by atoms with E-state index in [4.69, 9.17) is 4.74 Å². The van der Waals surface area contributed by atoms with E-state index < -0.39 is 0 Å². The Bertz CT molecular complexity index is 906. The second-order valence-corrected chi connectivity index (χ2v) is 8.29.